The Morgan fingerprint density at radius 1 is 1.42 bits per heavy atom. The number of benzene rings is 1. The number of carbonyl (C=O) groups is 1. The van der Waals surface area contributed by atoms with E-state index < -0.39 is 11.8 Å². The summed E-state index contributed by atoms with van der Waals surface area (Å²) in [5.41, 5.74) is 0.162. The Labute approximate surface area is 108 Å². The van der Waals surface area contributed by atoms with Gasteiger partial charge in [0.1, 0.15) is 11.6 Å². The third kappa shape index (κ3) is 2.50. The van der Waals surface area contributed by atoms with Crippen molar-refractivity contribution in [2.45, 2.75) is 12.8 Å². The van der Waals surface area contributed by atoms with E-state index in [0.717, 1.165) is 12.8 Å². The largest absolute Gasteiger partial charge is 0.493 e. The van der Waals surface area contributed by atoms with Crippen molar-refractivity contribution in [2.75, 3.05) is 6.61 Å². The Bertz CT molecular complexity index is 652. The molecule has 1 aliphatic rings. The summed E-state index contributed by atoms with van der Waals surface area (Å²) in [5, 5.41) is 9.65. The van der Waals surface area contributed by atoms with Crippen molar-refractivity contribution in [3.05, 3.63) is 35.8 Å². The van der Waals surface area contributed by atoms with Crippen LogP contribution in [-0.2, 0) is 0 Å². The van der Waals surface area contributed by atoms with Gasteiger partial charge in [0.05, 0.1) is 12.1 Å². The van der Waals surface area contributed by atoms with E-state index in [0.29, 0.717) is 29.2 Å². The molecule has 1 aliphatic carbocycles. The van der Waals surface area contributed by atoms with Crippen LogP contribution in [0.5, 0.6) is 5.75 Å². The standard InChI is InChI=1S/C14H12FNO3/c15-9-3-4-10-11(5-9)16-12(14(17)18)6-13(10)19-7-8-1-2-8/h3-6,8H,1-2,7H2,(H,17,18). The number of pyridine rings is 1. The van der Waals surface area contributed by atoms with Gasteiger partial charge in [-0.25, -0.2) is 14.2 Å². The zero-order chi connectivity index (χ0) is 13.4. The van der Waals surface area contributed by atoms with Gasteiger partial charge in [0.15, 0.2) is 5.69 Å². The fourth-order valence-electron chi connectivity index (χ4n) is 1.89. The predicted molar refractivity (Wildman–Crippen MR) is 66.9 cm³/mol. The molecule has 0 unspecified atom stereocenters. The van der Waals surface area contributed by atoms with E-state index in [1.807, 2.05) is 0 Å². The Morgan fingerprint density at radius 2 is 2.21 bits per heavy atom. The molecular weight excluding hydrogens is 249 g/mol. The lowest BCUT2D eigenvalue weighted by molar-refractivity contribution is 0.0690. The van der Waals surface area contributed by atoms with E-state index in [2.05, 4.69) is 4.98 Å². The summed E-state index contributed by atoms with van der Waals surface area (Å²) in [7, 11) is 0. The molecule has 4 nitrogen and oxygen atoms in total. The number of ether oxygens (including phenoxy) is 1. The smallest absolute Gasteiger partial charge is 0.354 e. The van der Waals surface area contributed by atoms with Crippen LogP contribution in [0, 0.1) is 11.7 Å². The van der Waals surface area contributed by atoms with Crippen LogP contribution in [0.1, 0.15) is 23.3 Å². The lowest BCUT2D eigenvalue weighted by atomic mass is 10.1. The molecule has 1 heterocycles. The number of hydrogen-bond acceptors (Lipinski definition) is 3. The number of nitrogens with zero attached hydrogens (tertiary/aromatic N) is 1. The Morgan fingerprint density at radius 3 is 2.89 bits per heavy atom. The number of aromatic carboxylic acids is 1. The predicted octanol–water partition coefficient (Wildman–Crippen LogP) is 2.86. The minimum absolute atomic E-state index is 0.135. The van der Waals surface area contributed by atoms with E-state index in [9.17, 15) is 9.18 Å². The molecule has 1 saturated carbocycles. The summed E-state index contributed by atoms with van der Waals surface area (Å²) >= 11 is 0. The summed E-state index contributed by atoms with van der Waals surface area (Å²) in [5.74, 6) is -0.593. The van der Waals surface area contributed by atoms with Crippen molar-refractivity contribution >= 4 is 16.9 Å². The molecule has 5 heteroatoms. The van der Waals surface area contributed by atoms with Gasteiger partial charge in [0, 0.05) is 17.5 Å². The van der Waals surface area contributed by atoms with Gasteiger partial charge < -0.3 is 9.84 Å². The maximum absolute atomic E-state index is 13.2. The van der Waals surface area contributed by atoms with Crippen molar-refractivity contribution in [2.24, 2.45) is 5.92 Å². The van der Waals surface area contributed by atoms with Crippen molar-refractivity contribution in [1.29, 1.82) is 0 Å². The van der Waals surface area contributed by atoms with E-state index in [1.165, 1.54) is 18.2 Å². The zero-order valence-electron chi connectivity index (χ0n) is 10.1. The van der Waals surface area contributed by atoms with Crippen LogP contribution in [0.15, 0.2) is 24.3 Å². The van der Waals surface area contributed by atoms with E-state index >= 15 is 0 Å². The number of carboxylic acid groups (broad SMARTS) is 1. The number of carboxylic acids is 1. The van der Waals surface area contributed by atoms with Crippen molar-refractivity contribution < 1.29 is 19.0 Å². The number of aromatic nitrogens is 1. The van der Waals surface area contributed by atoms with Crippen LogP contribution in [-0.4, -0.2) is 22.7 Å². The normalized spacial score (nSPS) is 14.6. The van der Waals surface area contributed by atoms with Crippen molar-refractivity contribution in [3.8, 4) is 5.75 Å². The highest BCUT2D eigenvalue weighted by Gasteiger charge is 2.22. The molecule has 0 saturated heterocycles. The van der Waals surface area contributed by atoms with Gasteiger partial charge >= 0.3 is 5.97 Å². The van der Waals surface area contributed by atoms with Crippen molar-refractivity contribution in [3.63, 3.8) is 0 Å². The lowest BCUT2D eigenvalue weighted by Crippen LogP contribution is -2.05. The molecule has 3 rings (SSSR count). The molecule has 1 aromatic carbocycles. The maximum atomic E-state index is 13.2. The minimum atomic E-state index is -1.15. The first-order valence-corrected chi connectivity index (χ1v) is 6.10. The number of fused-ring (bicyclic) bond motifs is 1. The number of halogens is 1. The second kappa shape index (κ2) is 4.50. The molecule has 0 spiro atoms. The molecule has 1 fully saturated rings. The number of rotatable bonds is 4. The average Bonchev–Trinajstić information content (AvgIpc) is 3.19. The third-order valence-electron chi connectivity index (χ3n) is 3.12. The van der Waals surface area contributed by atoms with Gasteiger partial charge in [-0.15, -0.1) is 0 Å². The number of hydrogen-bond donors (Lipinski definition) is 1. The monoisotopic (exact) mass is 261 g/mol. The highest BCUT2D eigenvalue weighted by atomic mass is 19.1. The molecule has 0 radical (unpaired) electrons. The van der Waals surface area contributed by atoms with Gasteiger partial charge in [-0.1, -0.05) is 0 Å². The summed E-state index contributed by atoms with van der Waals surface area (Å²) in [6.07, 6.45) is 2.28. The van der Waals surface area contributed by atoms with Crippen LogP contribution in [0.3, 0.4) is 0 Å². The summed E-state index contributed by atoms with van der Waals surface area (Å²) in [4.78, 5) is 14.9. The van der Waals surface area contributed by atoms with Gasteiger partial charge in [0.25, 0.3) is 0 Å². The van der Waals surface area contributed by atoms with E-state index in [-0.39, 0.29) is 5.69 Å². The molecule has 0 atom stereocenters. The van der Waals surface area contributed by atoms with Gasteiger partial charge in [0.2, 0.25) is 0 Å². The van der Waals surface area contributed by atoms with Crippen LogP contribution < -0.4 is 4.74 Å². The second-order valence-electron chi connectivity index (χ2n) is 4.73. The Hall–Kier alpha value is -2.17. The fraction of sp³-hybridized carbons (Fsp3) is 0.286. The van der Waals surface area contributed by atoms with Gasteiger partial charge in [-0.3, -0.25) is 0 Å². The first kappa shape index (κ1) is 11.9. The SMILES string of the molecule is O=C(O)c1cc(OCC2CC2)c2ccc(F)cc2n1. The molecule has 1 aromatic heterocycles. The minimum Gasteiger partial charge on any atom is -0.493 e. The van der Waals surface area contributed by atoms with Gasteiger partial charge in [-0.05, 0) is 30.9 Å². The maximum Gasteiger partial charge on any atom is 0.354 e. The highest BCUT2D eigenvalue weighted by Crippen LogP contribution is 2.32. The van der Waals surface area contributed by atoms with Crippen LogP contribution in [0.25, 0.3) is 10.9 Å². The van der Waals surface area contributed by atoms with Crippen LogP contribution >= 0.6 is 0 Å². The molecule has 2 aromatic rings. The lowest BCUT2D eigenvalue weighted by Gasteiger charge is -2.09. The summed E-state index contributed by atoms with van der Waals surface area (Å²) in [6, 6.07) is 5.48. The Kier molecular flexibility index (Phi) is 2.81. The van der Waals surface area contributed by atoms with Crippen LogP contribution in [0.4, 0.5) is 4.39 Å². The zero-order valence-corrected chi connectivity index (χ0v) is 10.1. The summed E-state index contributed by atoms with van der Waals surface area (Å²) < 4.78 is 18.8. The molecule has 0 bridgehead atoms. The Balaban J connectivity index is 2.06. The van der Waals surface area contributed by atoms with E-state index in [1.54, 1.807) is 6.07 Å². The first-order chi connectivity index (χ1) is 9.13. The molecular formula is C14H12FNO3. The third-order valence-corrected chi connectivity index (χ3v) is 3.12. The van der Waals surface area contributed by atoms with Gasteiger partial charge in [-0.2, -0.15) is 0 Å². The molecule has 98 valence electrons. The topological polar surface area (TPSA) is 59.4 Å². The van der Waals surface area contributed by atoms with Crippen LogP contribution in [0.2, 0.25) is 0 Å². The average molecular weight is 261 g/mol. The molecule has 0 aliphatic heterocycles. The van der Waals surface area contributed by atoms with Crippen molar-refractivity contribution in [1.82, 2.24) is 4.98 Å². The van der Waals surface area contributed by atoms with E-state index in [4.69, 9.17) is 9.84 Å². The summed E-state index contributed by atoms with van der Waals surface area (Å²) in [6.45, 7) is 0.565. The highest BCUT2D eigenvalue weighted by molar-refractivity contribution is 5.93. The first-order valence-electron chi connectivity index (χ1n) is 6.10. The fourth-order valence-corrected chi connectivity index (χ4v) is 1.89. The molecule has 0 amide bonds. The molecule has 19 heavy (non-hydrogen) atoms. The quantitative estimate of drug-likeness (QED) is 0.919. The molecule has 1 N–H and O–H groups in total. The second-order valence-corrected chi connectivity index (χ2v) is 4.73.